The van der Waals surface area contributed by atoms with E-state index in [1.165, 1.54) is 20.9 Å². The standard InChI is InChI=1S/C10H11NS2/c1-3-8-10(7(2)5-12-8)9-4-11-6-13-9/h4-6H,3H2,1-2H3. The van der Waals surface area contributed by atoms with Gasteiger partial charge in [0.25, 0.3) is 0 Å². The van der Waals surface area contributed by atoms with E-state index in [1.807, 2.05) is 23.0 Å². The first-order valence-electron chi connectivity index (χ1n) is 4.28. The fourth-order valence-electron chi connectivity index (χ4n) is 1.43. The van der Waals surface area contributed by atoms with Crippen LogP contribution in [0.15, 0.2) is 17.1 Å². The Labute approximate surface area is 86.1 Å². The molecule has 0 unspecified atom stereocenters. The average Bonchev–Trinajstić information content (AvgIpc) is 2.72. The van der Waals surface area contributed by atoms with Gasteiger partial charge in [-0.15, -0.1) is 22.7 Å². The van der Waals surface area contributed by atoms with Crippen LogP contribution in [-0.4, -0.2) is 4.98 Å². The Balaban J connectivity index is 2.55. The molecule has 0 saturated heterocycles. The maximum atomic E-state index is 4.12. The minimum absolute atomic E-state index is 1.12. The molecule has 68 valence electrons. The number of thiophene rings is 1. The number of hydrogen-bond donors (Lipinski definition) is 0. The molecule has 1 nitrogen and oxygen atoms in total. The van der Waals surface area contributed by atoms with E-state index in [4.69, 9.17) is 0 Å². The fourth-order valence-corrected chi connectivity index (χ4v) is 3.24. The van der Waals surface area contributed by atoms with E-state index in [1.54, 1.807) is 11.3 Å². The van der Waals surface area contributed by atoms with Gasteiger partial charge in [-0.1, -0.05) is 6.92 Å². The van der Waals surface area contributed by atoms with Crippen molar-refractivity contribution >= 4 is 22.7 Å². The zero-order valence-electron chi connectivity index (χ0n) is 7.70. The first-order valence-corrected chi connectivity index (χ1v) is 6.04. The fraction of sp³-hybridized carbons (Fsp3) is 0.300. The lowest BCUT2D eigenvalue weighted by Gasteiger charge is -1.98. The van der Waals surface area contributed by atoms with Crippen LogP contribution in [0.25, 0.3) is 10.4 Å². The van der Waals surface area contributed by atoms with Crippen LogP contribution in [-0.2, 0) is 6.42 Å². The molecule has 0 aliphatic carbocycles. The molecule has 0 amide bonds. The summed E-state index contributed by atoms with van der Waals surface area (Å²) in [5, 5.41) is 2.23. The molecule has 0 aliphatic rings. The Kier molecular flexibility index (Phi) is 2.47. The van der Waals surface area contributed by atoms with Crippen LogP contribution in [0.1, 0.15) is 17.4 Å². The van der Waals surface area contributed by atoms with Crippen LogP contribution >= 0.6 is 22.7 Å². The quantitative estimate of drug-likeness (QED) is 0.734. The van der Waals surface area contributed by atoms with Crippen LogP contribution in [0.5, 0.6) is 0 Å². The van der Waals surface area contributed by atoms with E-state index >= 15 is 0 Å². The maximum Gasteiger partial charge on any atom is 0.0797 e. The van der Waals surface area contributed by atoms with E-state index in [-0.39, 0.29) is 0 Å². The summed E-state index contributed by atoms with van der Waals surface area (Å²) in [5.41, 5.74) is 4.69. The maximum absolute atomic E-state index is 4.12. The zero-order valence-corrected chi connectivity index (χ0v) is 9.34. The van der Waals surface area contributed by atoms with Crippen molar-refractivity contribution in [2.45, 2.75) is 20.3 Å². The third-order valence-electron chi connectivity index (χ3n) is 2.05. The van der Waals surface area contributed by atoms with Crippen molar-refractivity contribution in [3.05, 3.63) is 27.5 Å². The Bertz CT molecular complexity index is 387. The second-order valence-electron chi connectivity index (χ2n) is 2.94. The number of aryl methyl sites for hydroxylation is 2. The van der Waals surface area contributed by atoms with Gasteiger partial charge in [0.2, 0.25) is 0 Å². The number of thiazole rings is 1. The summed E-state index contributed by atoms with van der Waals surface area (Å²) in [7, 11) is 0. The second-order valence-corrected chi connectivity index (χ2v) is 4.79. The number of rotatable bonds is 2. The van der Waals surface area contributed by atoms with Gasteiger partial charge in [-0.2, -0.15) is 0 Å². The second kappa shape index (κ2) is 3.60. The van der Waals surface area contributed by atoms with Gasteiger partial charge in [-0.05, 0) is 24.3 Å². The Morgan fingerprint density at radius 3 is 2.85 bits per heavy atom. The van der Waals surface area contributed by atoms with Crippen molar-refractivity contribution in [1.29, 1.82) is 0 Å². The highest BCUT2D eigenvalue weighted by atomic mass is 32.1. The predicted octanol–water partition coefficient (Wildman–Crippen LogP) is 3.74. The Hall–Kier alpha value is -0.670. The first-order chi connectivity index (χ1) is 6.33. The van der Waals surface area contributed by atoms with Gasteiger partial charge in [0.1, 0.15) is 0 Å². The van der Waals surface area contributed by atoms with Gasteiger partial charge in [-0.3, -0.25) is 4.98 Å². The molecule has 0 aromatic carbocycles. The van der Waals surface area contributed by atoms with Crippen LogP contribution in [0, 0.1) is 6.92 Å². The van der Waals surface area contributed by atoms with Crippen LogP contribution in [0.4, 0.5) is 0 Å². The normalized spacial score (nSPS) is 10.6. The lowest BCUT2D eigenvalue weighted by Crippen LogP contribution is -1.79. The van der Waals surface area contributed by atoms with E-state index in [0.29, 0.717) is 0 Å². The summed E-state index contributed by atoms with van der Waals surface area (Å²) in [4.78, 5) is 6.89. The number of hydrogen-bond acceptors (Lipinski definition) is 3. The monoisotopic (exact) mass is 209 g/mol. The molecule has 2 rings (SSSR count). The topological polar surface area (TPSA) is 12.9 Å². The van der Waals surface area contributed by atoms with E-state index in [0.717, 1.165) is 6.42 Å². The minimum atomic E-state index is 1.12. The van der Waals surface area contributed by atoms with Gasteiger partial charge in [0, 0.05) is 16.6 Å². The Morgan fingerprint density at radius 1 is 1.38 bits per heavy atom. The van der Waals surface area contributed by atoms with Crippen molar-refractivity contribution in [2.75, 3.05) is 0 Å². The van der Waals surface area contributed by atoms with Crippen LogP contribution in [0.3, 0.4) is 0 Å². The molecule has 0 bridgehead atoms. The average molecular weight is 209 g/mol. The molecule has 0 spiro atoms. The lowest BCUT2D eigenvalue weighted by atomic mass is 10.1. The highest BCUT2D eigenvalue weighted by molar-refractivity contribution is 7.14. The summed E-state index contributed by atoms with van der Waals surface area (Å²) < 4.78 is 0. The van der Waals surface area contributed by atoms with Crippen LogP contribution in [0.2, 0.25) is 0 Å². The molecule has 0 fully saturated rings. The summed E-state index contributed by atoms with van der Waals surface area (Å²) in [5.74, 6) is 0. The van der Waals surface area contributed by atoms with Gasteiger partial charge >= 0.3 is 0 Å². The smallest absolute Gasteiger partial charge is 0.0797 e. The van der Waals surface area contributed by atoms with Gasteiger partial charge < -0.3 is 0 Å². The highest BCUT2D eigenvalue weighted by Crippen LogP contribution is 2.34. The van der Waals surface area contributed by atoms with E-state index < -0.39 is 0 Å². The van der Waals surface area contributed by atoms with E-state index in [2.05, 4.69) is 24.2 Å². The molecule has 0 atom stereocenters. The molecule has 13 heavy (non-hydrogen) atoms. The summed E-state index contributed by atoms with van der Waals surface area (Å²) in [6.45, 7) is 4.38. The largest absolute Gasteiger partial charge is 0.252 e. The third kappa shape index (κ3) is 1.54. The van der Waals surface area contributed by atoms with Crippen LogP contribution < -0.4 is 0 Å². The molecular formula is C10H11NS2. The predicted molar refractivity (Wildman–Crippen MR) is 59.5 cm³/mol. The molecule has 0 saturated carbocycles. The molecule has 0 aliphatic heterocycles. The minimum Gasteiger partial charge on any atom is -0.252 e. The molecular weight excluding hydrogens is 198 g/mol. The Morgan fingerprint density at radius 2 is 2.23 bits per heavy atom. The summed E-state index contributed by atoms with van der Waals surface area (Å²) in [6, 6.07) is 0. The van der Waals surface area contributed by atoms with Crippen molar-refractivity contribution < 1.29 is 0 Å². The van der Waals surface area contributed by atoms with Crippen molar-refractivity contribution in [3.63, 3.8) is 0 Å². The van der Waals surface area contributed by atoms with Gasteiger partial charge in [-0.25, -0.2) is 0 Å². The molecule has 0 N–H and O–H groups in total. The lowest BCUT2D eigenvalue weighted by molar-refractivity contribution is 1.18. The SMILES string of the molecule is CCc1scc(C)c1-c1cncs1. The molecule has 0 radical (unpaired) electrons. The molecule has 2 heterocycles. The molecule has 2 aromatic rings. The zero-order chi connectivity index (χ0) is 9.26. The number of aromatic nitrogens is 1. The van der Waals surface area contributed by atoms with Gasteiger partial charge in [0.05, 0.1) is 10.4 Å². The summed E-state index contributed by atoms with van der Waals surface area (Å²) in [6.07, 6.45) is 3.07. The van der Waals surface area contributed by atoms with Crippen molar-refractivity contribution in [2.24, 2.45) is 0 Å². The van der Waals surface area contributed by atoms with E-state index in [9.17, 15) is 0 Å². The highest BCUT2D eigenvalue weighted by Gasteiger charge is 2.10. The van der Waals surface area contributed by atoms with Gasteiger partial charge in [0.15, 0.2) is 0 Å². The third-order valence-corrected chi connectivity index (χ3v) is 4.09. The summed E-state index contributed by atoms with van der Waals surface area (Å²) >= 11 is 3.57. The van der Waals surface area contributed by atoms with Crippen molar-refractivity contribution in [1.82, 2.24) is 4.98 Å². The number of nitrogens with zero attached hydrogens (tertiary/aromatic N) is 1. The molecule has 3 heteroatoms. The van der Waals surface area contributed by atoms with Crippen molar-refractivity contribution in [3.8, 4) is 10.4 Å². The first kappa shape index (κ1) is 8.91. The molecule has 2 aromatic heterocycles.